The second-order valence-electron chi connectivity index (χ2n) is 4.18. The molecule has 0 atom stereocenters. The van der Waals surface area contributed by atoms with Gasteiger partial charge in [-0.3, -0.25) is 0 Å². The van der Waals surface area contributed by atoms with E-state index in [1.807, 2.05) is 0 Å². The van der Waals surface area contributed by atoms with Crippen molar-refractivity contribution in [3.63, 3.8) is 0 Å². The molecule has 0 aliphatic heterocycles. The molecule has 76 valence electrons. The van der Waals surface area contributed by atoms with Crippen molar-refractivity contribution in [1.29, 1.82) is 0 Å². The lowest BCUT2D eigenvalue weighted by Gasteiger charge is -2.17. The molecule has 0 rings (SSSR count). The summed E-state index contributed by atoms with van der Waals surface area (Å²) in [5.74, 6) is 2.41. The molecule has 0 bridgehead atoms. The van der Waals surface area contributed by atoms with Gasteiger partial charge in [-0.1, -0.05) is 26.7 Å². The van der Waals surface area contributed by atoms with Crippen molar-refractivity contribution >= 4 is 0 Å². The molecule has 0 spiro atoms. The minimum absolute atomic E-state index is 0.347. The largest absolute Gasteiger partial charge is 0.379 e. The Morgan fingerprint density at radius 3 is 2.23 bits per heavy atom. The Bertz CT molecular complexity index is 150. The van der Waals surface area contributed by atoms with Crippen LogP contribution in [0.2, 0.25) is 0 Å². The quantitative estimate of drug-likeness (QED) is 0.465. The van der Waals surface area contributed by atoms with Crippen LogP contribution < -0.4 is 0 Å². The van der Waals surface area contributed by atoms with Crippen LogP contribution in [-0.4, -0.2) is 26.4 Å². The predicted octanol–water partition coefficient (Wildman–Crippen LogP) is 2.09. The van der Waals surface area contributed by atoms with Crippen LogP contribution in [0.5, 0.6) is 0 Å². The van der Waals surface area contributed by atoms with Gasteiger partial charge in [-0.25, -0.2) is 0 Å². The van der Waals surface area contributed by atoms with Gasteiger partial charge < -0.3 is 9.47 Å². The average molecular weight is 184 g/mol. The van der Waals surface area contributed by atoms with Crippen LogP contribution >= 0.6 is 0 Å². The molecule has 0 radical (unpaired) electrons. The van der Waals surface area contributed by atoms with Crippen LogP contribution in [0, 0.1) is 17.8 Å². The van der Waals surface area contributed by atoms with E-state index < -0.39 is 0 Å². The van der Waals surface area contributed by atoms with E-state index in [0.717, 1.165) is 13.0 Å². The van der Waals surface area contributed by atoms with E-state index >= 15 is 0 Å². The fraction of sp³-hybridized carbons (Fsp3) is 0.818. The normalized spacial score (nSPS) is 11.2. The fourth-order valence-electron chi connectivity index (χ4n) is 0.729. The van der Waals surface area contributed by atoms with E-state index in [-0.39, 0.29) is 0 Å². The third-order valence-electron chi connectivity index (χ3n) is 1.55. The Morgan fingerprint density at radius 1 is 1.08 bits per heavy atom. The van der Waals surface area contributed by atoms with Gasteiger partial charge >= 0.3 is 0 Å². The Balaban J connectivity index is 3.05. The van der Waals surface area contributed by atoms with E-state index in [1.54, 1.807) is 0 Å². The number of hydrogen-bond donors (Lipinski definition) is 0. The molecule has 0 amide bonds. The molecular weight excluding hydrogens is 164 g/mol. The number of terminal acetylenes is 1. The van der Waals surface area contributed by atoms with Gasteiger partial charge in [0.15, 0.2) is 0 Å². The maximum atomic E-state index is 5.36. The van der Waals surface area contributed by atoms with E-state index in [2.05, 4.69) is 26.7 Å². The molecule has 0 aliphatic rings. The van der Waals surface area contributed by atoms with Crippen LogP contribution in [0.3, 0.4) is 0 Å². The summed E-state index contributed by atoms with van der Waals surface area (Å²) < 4.78 is 10.4. The van der Waals surface area contributed by atoms with E-state index in [1.165, 1.54) is 0 Å². The molecule has 0 N–H and O–H groups in total. The summed E-state index contributed by atoms with van der Waals surface area (Å²) in [5.41, 5.74) is 0.347. The minimum Gasteiger partial charge on any atom is -0.379 e. The van der Waals surface area contributed by atoms with Crippen LogP contribution in [-0.2, 0) is 9.47 Å². The predicted molar refractivity (Wildman–Crippen MR) is 54.5 cm³/mol. The molecule has 13 heavy (non-hydrogen) atoms. The van der Waals surface area contributed by atoms with Crippen molar-refractivity contribution in [2.24, 2.45) is 5.41 Å². The lowest BCUT2D eigenvalue weighted by atomic mass is 9.93. The monoisotopic (exact) mass is 184 g/mol. The van der Waals surface area contributed by atoms with Gasteiger partial charge in [0.1, 0.15) is 6.61 Å². The van der Waals surface area contributed by atoms with Gasteiger partial charge in [-0.05, 0) is 11.8 Å². The maximum absolute atomic E-state index is 5.36. The number of rotatable bonds is 6. The highest BCUT2D eigenvalue weighted by Crippen LogP contribution is 2.17. The van der Waals surface area contributed by atoms with Gasteiger partial charge in [0.25, 0.3) is 0 Å². The van der Waals surface area contributed by atoms with Crippen molar-refractivity contribution in [1.82, 2.24) is 0 Å². The summed E-state index contributed by atoms with van der Waals surface area (Å²) in [5, 5.41) is 0. The Kier molecular flexibility index (Phi) is 6.66. The average Bonchev–Trinajstić information content (AvgIpc) is 2.01. The van der Waals surface area contributed by atoms with Crippen molar-refractivity contribution < 1.29 is 9.47 Å². The number of hydrogen-bond acceptors (Lipinski definition) is 2. The van der Waals surface area contributed by atoms with Crippen LogP contribution in [0.4, 0.5) is 0 Å². The first-order valence-electron chi connectivity index (χ1n) is 4.65. The minimum atomic E-state index is 0.347. The van der Waals surface area contributed by atoms with Gasteiger partial charge in [0.05, 0.1) is 13.2 Å². The third-order valence-corrected chi connectivity index (χ3v) is 1.55. The van der Waals surface area contributed by atoms with Crippen LogP contribution in [0.25, 0.3) is 0 Å². The summed E-state index contributed by atoms with van der Waals surface area (Å²) in [4.78, 5) is 0. The second kappa shape index (κ2) is 6.94. The maximum Gasteiger partial charge on any atom is 0.107 e. The molecule has 0 fully saturated rings. The molecule has 2 heteroatoms. The lowest BCUT2D eigenvalue weighted by molar-refractivity contribution is 0.0493. The second-order valence-corrected chi connectivity index (χ2v) is 4.18. The first-order chi connectivity index (χ1) is 6.06. The van der Waals surface area contributed by atoms with Crippen molar-refractivity contribution in [3.05, 3.63) is 0 Å². The fourth-order valence-corrected chi connectivity index (χ4v) is 0.729. The molecule has 2 nitrogen and oxygen atoms in total. The summed E-state index contributed by atoms with van der Waals surface area (Å²) >= 11 is 0. The van der Waals surface area contributed by atoms with Crippen molar-refractivity contribution in [2.45, 2.75) is 27.2 Å². The van der Waals surface area contributed by atoms with E-state index in [4.69, 9.17) is 15.9 Å². The van der Waals surface area contributed by atoms with Gasteiger partial charge in [-0.15, -0.1) is 6.42 Å². The Hall–Kier alpha value is -0.520. The molecule has 0 aromatic rings. The SMILES string of the molecule is C#CCOCCOCCC(C)(C)C. The van der Waals surface area contributed by atoms with Crippen molar-refractivity contribution in [3.8, 4) is 12.3 Å². The highest BCUT2D eigenvalue weighted by atomic mass is 16.5. The molecule has 0 unspecified atom stereocenters. The molecule has 0 heterocycles. The lowest BCUT2D eigenvalue weighted by Crippen LogP contribution is -2.12. The zero-order chi connectivity index (χ0) is 10.2. The van der Waals surface area contributed by atoms with Gasteiger partial charge in [0, 0.05) is 6.61 Å². The first-order valence-corrected chi connectivity index (χ1v) is 4.65. The topological polar surface area (TPSA) is 18.5 Å². The molecule has 0 saturated heterocycles. The first kappa shape index (κ1) is 12.5. The summed E-state index contributed by atoms with van der Waals surface area (Å²) in [6.45, 7) is 9.00. The van der Waals surface area contributed by atoms with Crippen LogP contribution in [0.15, 0.2) is 0 Å². The third kappa shape index (κ3) is 11.5. The summed E-state index contributed by atoms with van der Waals surface area (Å²) in [6.07, 6.45) is 6.08. The molecule has 0 aromatic carbocycles. The molecule has 0 saturated carbocycles. The van der Waals surface area contributed by atoms with Gasteiger partial charge in [-0.2, -0.15) is 0 Å². The Labute approximate surface area is 81.6 Å². The van der Waals surface area contributed by atoms with E-state index in [0.29, 0.717) is 25.2 Å². The zero-order valence-corrected chi connectivity index (χ0v) is 8.93. The summed E-state index contributed by atoms with van der Waals surface area (Å²) in [6, 6.07) is 0. The highest BCUT2D eigenvalue weighted by Gasteiger charge is 2.08. The van der Waals surface area contributed by atoms with Crippen LogP contribution in [0.1, 0.15) is 27.2 Å². The summed E-state index contributed by atoms with van der Waals surface area (Å²) in [7, 11) is 0. The van der Waals surface area contributed by atoms with E-state index in [9.17, 15) is 0 Å². The standard InChI is InChI=1S/C11H20O2/c1-5-7-12-9-10-13-8-6-11(2,3)4/h1H,6-10H2,2-4H3. The molecule has 0 aliphatic carbocycles. The van der Waals surface area contributed by atoms with Crippen molar-refractivity contribution in [2.75, 3.05) is 26.4 Å². The smallest absolute Gasteiger partial charge is 0.107 e. The molecule has 0 aromatic heterocycles. The molecular formula is C11H20O2. The van der Waals surface area contributed by atoms with Gasteiger partial charge in [0.2, 0.25) is 0 Å². The Morgan fingerprint density at radius 2 is 1.69 bits per heavy atom. The zero-order valence-electron chi connectivity index (χ0n) is 8.93. The highest BCUT2D eigenvalue weighted by molar-refractivity contribution is 4.82. The number of ether oxygens (including phenoxy) is 2.